The van der Waals surface area contributed by atoms with Crippen molar-refractivity contribution in [2.24, 2.45) is 0 Å². The van der Waals surface area contributed by atoms with Crippen molar-refractivity contribution in [3.63, 3.8) is 0 Å². The standard InChI is InChI=1S/C14H31NO2/c1-4-5-6-7-8-9-10-14(15-2)13-17-12-11-16-3/h14-15H,4-13H2,1-3H3. The Morgan fingerprint density at radius 3 is 2.35 bits per heavy atom. The van der Waals surface area contributed by atoms with Gasteiger partial charge in [-0.15, -0.1) is 0 Å². The first kappa shape index (κ1) is 16.9. The van der Waals surface area contributed by atoms with Gasteiger partial charge in [0.1, 0.15) is 0 Å². The number of nitrogens with one attached hydrogen (secondary N) is 1. The average molecular weight is 245 g/mol. The Morgan fingerprint density at radius 2 is 1.71 bits per heavy atom. The predicted octanol–water partition coefficient (Wildman–Crippen LogP) is 2.99. The van der Waals surface area contributed by atoms with Gasteiger partial charge in [0.25, 0.3) is 0 Å². The minimum absolute atomic E-state index is 0.498. The quantitative estimate of drug-likeness (QED) is 0.506. The van der Waals surface area contributed by atoms with E-state index in [1.54, 1.807) is 7.11 Å². The zero-order valence-electron chi connectivity index (χ0n) is 12.0. The Balaban J connectivity index is 3.28. The Hall–Kier alpha value is -0.120. The minimum Gasteiger partial charge on any atom is -0.382 e. The summed E-state index contributed by atoms with van der Waals surface area (Å²) < 4.78 is 10.5. The third-order valence-electron chi connectivity index (χ3n) is 3.07. The molecule has 1 N–H and O–H groups in total. The van der Waals surface area contributed by atoms with E-state index in [0.29, 0.717) is 19.3 Å². The molecular formula is C14H31NO2. The number of hydrogen-bond acceptors (Lipinski definition) is 3. The van der Waals surface area contributed by atoms with Gasteiger partial charge in [0.05, 0.1) is 19.8 Å². The van der Waals surface area contributed by atoms with Gasteiger partial charge in [-0.1, -0.05) is 45.4 Å². The first-order valence-corrected chi connectivity index (χ1v) is 7.09. The maximum absolute atomic E-state index is 5.54. The summed E-state index contributed by atoms with van der Waals surface area (Å²) in [6, 6.07) is 0.498. The molecule has 0 rings (SSSR count). The van der Waals surface area contributed by atoms with E-state index in [1.165, 1.54) is 44.9 Å². The van der Waals surface area contributed by atoms with Crippen LogP contribution in [0.3, 0.4) is 0 Å². The lowest BCUT2D eigenvalue weighted by Gasteiger charge is -2.16. The first-order chi connectivity index (χ1) is 8.35. The van der Waals surface area contributed by atoms with Gasteiger partial charge in [0.15, 0.2) is 0 Å². The van der Waals surface area contributed by atoms with E-state index in [4.69, 9.17) is 9.47 Å². The van der Waals surface area contributed by atoms with Crippen molar-refractivity contribution >= 4 is 0 Å². The van der Waals surface area contributed by atoms with Crippen LogP contribution in [0.25, 0.3) is 0 Å². The molecule has 0 radical (unpaired) electrons. The van der Waals surface area contributed by atoms with E-state index < -0.39 is 0 Å². The smallest absolute Gasteiger partial charge is 0.0701 e. The highest BCUT2D eigenvalue weighted by molar-refractivity contribution is 4.63. The predicted molar refractivity (Wildman–Crippen MR) is 73.5 cm³/mol. The molecule has 0 aliphatic rings. The molecule has 104 valence electrons. The molecular weight excluding hydrogens is 214 g/mol. The van der Waals surface area contributed by atoms with Crippen molar-refractivity contribution in [1.82, 2.24) is 5.32 Å². The second-order valence-electron chi connectivity index (χ2n) is 4.61. The lowest BCUT2D eigenvalue weighted by atomic mass is 10.1. The summed E-state index contributed by atoms with van der Waals surface area (Å²) >= 11 is 0. The topological polar surface area (TPSA) is 30.5 Å². The number of methoxy groups -OCH3 is 1. The van der Waals surface area contributed by atoms with Crippen molar-refractivity contribution in [1.29, 1.82) is 0 Å². The molecule has 17 heavy (non-hydrogen) atoms. The van der Waals surface area contributed by atoms with Crippen LogP contribution < -0.4 is 5.32 Å². The van der Waals surface area contributed by atoms with Crippen molar-refractivity contribution in [3.8, 4) is 0 Å². The summed E-state index contributed by atoms with van der Waals surface area (Å²) in [5, 5.41) is 3.32. The molecule has 0 amide bonds. The minimum atomic E-state index is 0.498. The van der Waals surface area contributed by atoms with Gasteiger partial charge in [-0.2, -0.15) is 0 Å². The first-order valence-electron chi connectivity index (χ1n) is 7.09. The van der Waals surface area contributed by atoms with Crippen LogP contribution in [0.2, 0.25) is 0 Å². The molecule has 3 nitrogen and oxygen atoms in total. The van der Waals surface area contributed by atoms with Crippen LogP contribution in [0.4, 0.5) is 0 Å². The fourth-order valence-corrected chi connectivity index (χ4v) is 1.85. The Morgan fingerprint density at radius 1 is 1.00 bits per heavy atom. The summed E-state index contributed by atoms with van der Waals surface area (Å²) in [6.45, 7) is 4.45. The molecule has 3 heteroatoms. The zero-order chi connectivity index (χ0) is 12.8. The van der Waals surface area contributed by atoms with Crippen LogP contribution in [-0.4, -0.2) is 40.0 Å². The molecule has 0 aromatic rings. The van der Waals surface area contributed by atoms with E-state index >= 15 is 0 Å². The van der Waals surface area contributed by atoms with E-state index in [1.807, 2.05) is 7.05 Å². The summed E-state index contributed by atoms with van der Waals surface area (Å²) in [7, 11) is 3.72. The largest absolute Gasteiger partial charge is 0.382 e. The van der Waals surface area contributed by atoms with Gasteiger partial charge in [0.2, 0.25) is 0 Å². The SMILES string of the molecule is CCCCCCCCC(COCCOC)NC. The Kier molecular flexibility index (Phi) is 13.8. The molecule has 1 unspecified atom stereocenters. The summed E-state index contributed by atoms with van der Waals surface area (Å²) in [4.78, 5) is 0. The molecule has 0 saturated carbocycles. The number of likely N-dealkylation sites (N-methyl/N-ethyl adjacent to an activating group) is 1. The number of unbranched alkanes of at least 4 members (excludes halogenated alkanes) is 5. The van der Waals surface area contributed by atoms with Gasteiger partial charge in [-0.25, -0.2) is 0 Å². The maximum Gasteiger partial charge on any atom is 0.0701 e. The molecule has 0 aliphatic carbocycles. The second-order valence-corrected chi connectivity index (χ2v) is 4.61. The van der Waals surface area contributed by atoms with Crippen molar-refractivity contribution in [2.75, 3.05) is 34.0 Å². The highest BCUT2D eigenvalue weighted by atomic mass is 16.5. The van der Waals surface area contributed by atoms with Gasteiger partial charge in [-0.3, -0.25) is 0 Å². The zero-order valence-corrected chi connectivity index (χ0v) is 12.0. The maximum atomic E-state index is 5.54. The molecule has 0 saturated heterocycles. The normalized spacial score (nSPS) is 12.9. The van der Waals surface area contributed by atoms with E-state index in [2.05, 4.69) is 12.2 Å². The van der Waals surface area contributed by atoms with E-state index in [-0.39, 0.29) is 0 Å². The Bertz CT molecular complexity index is 142. The van der Waals surface area contributed by atoms with Crippen LogP contribution in [0.15, 0.2) is 0 Å². The van der Waals surface area contributed by atoms with Gasteiger partial charge < -0.3 is 14.8 Å². The highest BCUT2D eigenvalue weighted by Crippen LogP contribution is 2.08. The summed E-state index contributed by atoms with van der Waals surface area (Å²) in [6.07, 6.45) is 9.37. The molecule has 0 heterocycles. The number of ether oxygens (including phenoxy) is 2. The summed E-state index contributed by atoms with van der Waals surface area (Å²) in [5.41, 5.74) is 0. The van der Waals surface area contributed by atoms with E-state index in [9.17, 15) is 0 Å². The number of rotatable bonds is 13. The second kappa shape index (κ2) is 13.9. The third-order valence-corrected chi connectivity index (χ3v) is 3.07. The van der Waals surface area contributed by atoms with Gasteiger partial charge in [-0.05, 0) is 13.5 Å². The fourth-order valence-electron chi connectivity index (χ4n) is 1.85. The molecule has 1 atom stereocenters. The van der Waals surface area contributed by atoms with Crippen molar-refractivity contribution < 1.29 is 9.47 Å². The highest BCUT2D eigenvalue weighted by Gasteiger charge is 2.05. The lowest BCUT2D eigenvalue weighted by molar-refractivity contribution is 0.0582. The lowest BCUT2D eigenvalue weighted by Crippen LogP contribution is -2.30. The molecule has 0 aromatic carbocycles. The third kappa shape index (κ3) is 12.1. The molecule has 0 aromatic heterocycles. The van der Waals surface area contributed by atoms with Crippen LogP contribution in [-0.2, 0) is 9.47 Å². The van der Waals surface area contributed by atoms with Crippen LogP contribution in [0.1, 0.15) is 51.9 Å². The molecule has 0 aliphatic heterocycles. The average Bonchev–Trinajstić information content (AvgIpc) is 2.36. The molecule has 0 bridgehead atoms. The Labute approximate surface area is 107 Å². The van der Waals surface area contributed by atoms with Gasteiger partial charge >= 0.3 is 0 Å². The van der Waals surface area contributed by atoms with Crippen molar-refractivity contribution in [2.45, 2.75) is 57.9 Å². The van der Waals surface area contributed by atoms with E-state index in [0.717, 1.165) is 6.61 Å². The van der Waals surface area contributed by atoms with Crippen molar-refractivity contribution in [3.05, 3.63) is 0 Å². The van der Waals surface area contributed by atoms with Crippen LogP contribution in [0, 0.1) is 0 Å². The molecule has 0 spiro atoms. The monoisotopic (exact) mass is 245 g/mol. The fraction of sp³-hybridized carbons (Fsp3) is 1.00. The number of hydrogen-bond donors (Lipinski definition) is 1. The van der Waals surface area contributed by atoms with Crippen LogP contribution in [0.5, 0.6) is 0 Å². The molecule has 0 fully saturated rings. The van der Waals surface area contributed by atoms with Crippen LogP contribution >= 0.6 is 0 Å². The van der Waals surface area contributed by atoms with Gasteiger partial charge in [0, 0.05) is 13.2 Å². The summed E-state index contributed by atoms with van der Waals surface area (Å²) in [5.74, 6) is 0.